The van der Waals surface area contributed by atoms with Gasteiger partial charge in [0.05, 0.1) is 46.5 Å². The van der Waals surface area contributed by atoms with Gasteiger partial charge in [0.1, 0.15) is 11.5 Å². The number of benzene rings is 1. The molecule has 0 bridgehead atoms. The van der Waals surface area contributed by atoms with Crippen LogP contribution in [-0.2, 0) is 0 Å². The van der Waals surface area contributed by atoms with E-state index in [4.69, 9.17) is 4.98 Å². The van der Waals surface area contributed by atoms with Crippen molar-refractivity contribution < 1.29 is 4.39 Å². The highest BCUT2D eigenvalue weighted by atomic mass is 19.1. The Morgan fingerprint density at radius 1 is 0.950 bits per heavy atom. The van der Waals surface area contributed by atoms with E-state index in [9.17, 15) is 4.39 Å². The van der Waals surface area contributed by atoms with Crippen molar-refractivity contribution in [2.75, 3.05) is 5.32 Å². The molecular weight excluding hydrogens is 503 g/mol. The highest BCUT2D eigenvalue weighted by molar-refractivity contribution is 5.97. The normalized spacial score (nSPS) is 11.8. The predicted octanol–water partition coefficient (Wildman–Crippen LogP) is 7.43. The fourth-order valence-electron chi connectivity index (χ4n) is 4.94. The maximum atomic E-state index is 14.2. The molecule has 0 aliphatic heterocycles. The summed E-state index contributed by atoms with van der Waals surface area (Å²) in [5.41, 5.74) is 8.67. The van der Waals surface area contributed by atoms with Gasteiger partial charge in [0, 0.05) is 34.6 Å². The Morgan fingerprint density at radius 2 is 1.77 bits per heavy atom. The molecular formula is C31H29FN8. The molecule has 0 aliphatic rings. The average Bonchev–Trinajstić information content (AvgIpc) is 3.50. The Balaban J connectivity index is 1.37. The molecule has 0 saturated carbocycles. The second-order valence-electron chi connectivity index (χ2n) is 11.3. The molecule has 0 radical (unpaired) electrons. The van der Waals surface area contributed by atoms with Gasteiger partial charge in [0.2, 0.25) is 0 Å². The Kier molecular flexibility index (Phi) is 6.14. The summed E-state index contributed by atoms with van der Waals surface area (Å²) in [6.07, 6.45) is 9.57. The van der Waals surface area contributed by atoms with Crippen LogP contribution in [0.2, 0.25) is 0 Å². The molecule has 0 unspecified atom stereocenters. The van der Waals surface area contributed by atoms with Gasteiger partial charge in [-0.25, -0.2) is 9.37 Å². The molecule has 5 aromatic heterocycles. The molecule has 0 amide bonds. The van der Waals surface area contributed by atoms with Crippen LogP contribution >= 0.6 is 0 Å². The molecule has 6 rings (SSSR count). The summed E-state index contributed by atoms with van der Waals surface area (Å²) < 4.78 is 14.2. The lowest BCUT2D eigenvalue weighted by atomic mass is 9.91. The minimum Gasteiger partial charge on any atom is -0.358 e. The number of nitrogens with one attached hydrogen (secondary N) is 3. The molecule has 1 aromatic carbocycles. The van der Waals surface area contributed by atoms with Crippen LogP contribution in [-0.4, -0.2) is 35.1 Å². The van der Waals surface area contributed by atoms with Crippen molar-refractivity contribution in [3.63, 3.8) is 0 Å². The van der Waals surface area contributed by atoms with Crippen molar-refractivity contribution in [1.29, 1.82) is 0 Å². The third-order valence-electron chi connectivity index (χ3n) is 6.52. The van der Waals surface area contributed by atoms with E-state index in [1.54, 1.807) is 31.0 Å². The van der Waals surface area contributed by atoms with E-state index in [0.717, 1.165) is 62.2 Å². The van der Waals surface area contributed by atoms with E-state index in [-0.39, 0.29) is 11.2 Å². The Morgan fingerprint density at radius 3 is 2.58 bits per heavy atom. The van der Waals surface area contributed by atoms with E-state index in [0.29, 0.717) is 17.0 Å². The number of H-pyrrole nitrogens is 2. The lowest BCUT2D eigenvalue weighted by molar-refractivity contribution is 0.411. The van der Waals surface area contributed by atoms with Crippen molar-refractivity contribution in [3.8, 4) is 33.9 Å². The molecule has 0 saturated heterocycles. The summed E-state index contributed by atoms with van der Waals surface area (Å²) in [6, 6.07) is 8.90. The van der Waals surface area contributed by atoms with Crippen molar-refractivity contribution in [3.05, 3.63) is 85.0 Å². The summed E-state index contributed by atoms with van der Waals surface area (Å²) in [6.45, 7) is 12.6. The average molecular weight is 533 g/mol. The largest absolute Gasteiger partial charge is 0.358 e. The maximum Gasteiger partial charge on any atom is 0.159 e. The number of imidazole rings is 1. The van der Waals surface area contributed by atoms with Gasteiger partial charge in [-0.1, -0.05) is 33.4 Å². The molecule has 0 atom stereocenters. The van der Waals surface area contributed by atoms with Crippen molar-refractivity contribution in [2.45, 2.75) is 34.1 Å². The minimum absolute atomic E-state index is 0.128. The molecule has 8 nitrogen and oxygen atoms in total. The Bertz CT molecular complexity index is 1870. The van der Waals surface area contributed by atoms with Crippen LogP contribution in [0.3, 0.4) is 0 Å². The molecule has 3 N–H and O–H groups in total. The van der Waals surface area contributed by atoms with Crippen LogP contribution in [0.15, 0.2) is 73.6 Å². The van der Waals surface area contributed by atoms with Gasteiger partial charge >= 0.3 is 0 Å². The molecule has 0 aliphatic carbocycles. The van der Waals surface area contributed by atoms with E-state index >= 15 is 0 Å². The zero-order valence-corrected chi connectivity index (χ0v) is 22.8. The fraction of sp³-hybridized carbons (Fsp3) is 0.194. The summed E-state index contributed by atoms with van der Waals surface area (Å²) in [7, 11) is 0. The monoisotopic (exact) mass is 532 g/mol. The third kappa shape index (κ3) is 5.05. The van der Waals surface area contributed by atoms with Crippen LogP contribution in [0.4, 0.5) is 10.1 Å². The number of hydrogen-bond donors (Lipinski definition) is 3. The smallest absolute Gasteiger partial charge is 0.159 e. The van der Waals surface area contributed by atoms with Gasteiger partial charge in [-0.3, -0.25) is 20.1 Å². The van der Waals surface area contributed by atoms with Crippen molar-refractivity contribution in [2.24, 2.45) is 5.41 Å². The Hall–Kier alpha value is -4.92. The highest BCUT2D eigenvalue weighted by Gasteiger charge is 2.17. The van der Waals surface area contributed by atoms with E-state index in [2.05, 4.69) is 62.8 Å². The number of aryl methyl sites for hydroxylation is 1. The standard InChI is InChI=1S/C31H29FN8/c1-17-6-19(8-21(32)7-17)24-14-34-15-27-28(24)38-30(37-27)29-23-10-25(35-16-26(23)39-40-29)20-9-22(13-33-12-20)36-18(2)11-31(3,4)5/h6-10,12-16,36H,2,11H2,1,3-5H3,(H,37,38)(H,39,40). The summed E-state index contributed by atoms with van der Waals surface area (Å²) in [5.74, 6) is 0.279. The third-order valence-corrected chi connectivity index (χ3v) is 6.52. The maximum absolute atomic E-state index is 14.2. The molecule has 40 heavy (non-hydrogen) atoms. The number of aromatic nitrogens is 7. The SMILES string of the molecule is C=C(CC(C)(C)C)Nc1cncc(-c2cc3c(-c4nc5c(-c6cc(C)cc(F)c6)cncc5[nH]4)n[nH]c3cn2)c1. The number of fused-ring (bicyclic) bond motifs is 2. The lowest BCUT2D eigenvalue weighted by Gasteiger charge is -2.20. The first-order valence-corrected chi connectivity index (χ1v) is 13.0. The number of rotatable bonds is 6. The first-order chi connectivity index (χ1) is 19.1. The second-order valence-corrected chi connectivity index (χ2v) is 11.3. The molecule has 5 heterocycles. The van der Waals surface area contributed by atoms with Crippen LogP contribution in [0.5, 0.6) is 0 Å². The Labute approximate surface area is 230 Å². The minimum atomic E-state index is -0.298. The first kappa shape index (κ1) is 25.4. The number of pyridine rings is 3. The number of anilines is 1. The summed E-state index contributed by atoms with van der Waals surface area (Å²) in [4.78, 5) is 21.6. The zero-order valence-electron chi connectivity index (χ0n) is 22.8. The quantitative estimate of drug-likeness (QED) is 0.206. The van der Waals surface area contributed by atoms with Crippen LogP contribution < -0.4 is 5.32 Å². The second kappa shape index (κ2) is 9.68. The molecule has 0 fully saturated rings. The first-order valence-electron chi connectivity index (χ1n) is 13.0. The van der Waals surface area contributed by atoms with Gasteiger partial charge in [-0.05, 0) is 54.2 Å². The van der Waals surface area contributed by atoms with Crippen LogP contribution in [0, 0.1) is 18.2 Å². The van der Waals surface area contributed by atoms with Gasteiger partial charge in [-0.2, -0.15) is 5.10 Å². The van der Waals surface area contributed by atoms with Crippen molar-refractivity contribution >= 4 is 27.6 Å². The topological polar surface area (TPSA) is 108 Å². The number of halogens is 1. The van der Waals surface area contributed by atoms with Crippen LogP contribution in [0.1, 0.15) is 32.8 Å². The van der Waals surface area contributed by atoms with E-state index < -0.39 is 0 Å². The predicted molar refractivity (Wildman–Crippen MR) is 157 cm³/mol. The van der Waals surface area contributed by atoms with Gasteiger partial charge in [0.25, 0.3) is 0 Å². The molecule has 6 aromatic rings. The highest BCUT2D eigenvalue weighted by Crippen LogP contribution is 2.33. The molecule has 200 valence electrons. The number of allylic oxidation sites excluding steroid dienone is 1. The summed E-state index contributed by atoms with van der Waals surface area (Å²) in [5, 5.41) is 11.8. The molecule has 9 heteroatoms. The van der Waals surface area contributed by atoms with Gasteiger partial charge < -0.3 is 10.3 Å². The number of nitrogens with zero attached hydrogens (tertiary/aromatic N) is 5. The van der Waals surface area contributed by atoms with Gasteiger partial charge in [-0.15, -0.1) is 0 Å². The number of hydrogen-bond acceptors (Lipinski definition) is 6. The zero-order chi connectivity index (χ0) is 28.0. The van der Waals surface area contributed by atoms with Crippen molar-refractivity contribution in [1.82, 2.24) is 35.1 Å². The van der Waals surface area contributed by atoms with E-state index in [1.165, 1.54) is 12.1 Å². The molecule has 0 spiro atoms. The lowest BCUT2D eigenvalue weighted by Crippen LogP contribution is -2.10. The summed E-state index contributed by atoms with van der Waals surface area (Å²) >= 11 is 0. The van der Waals surface area contributed by atoms with Crippen LogP contribution in [0.25, 0.3) is 55.8 Å². The fourth-order valence-corrected chi connectivity index (χ4v) is 4.94. The number of aromatic amines is 2. The van der Waals surface area contributed by atoms with Gasteiger partial charge in [0.15, 0.2) is 5.82 Å². The van der Waals surface area contributed by atoms with E-state index in [1.807, 2.05) is 25.1 Å².